The number of halogens is 2. The van der Waals surface area contributed by atoms with Crippen molar-refractivity contribution < 1.29 is 19.1 Å². The number of hydrogen-bond donors (Lipinski definition) is 0. The van der Waals surface area contributed by atoms with Crippen molar-refractivity contribution in [3.8, 4) is 11.5 Å². The summed E-state index contributed by atoms with van der Waals surface area (Å²) >= 11 is 6.73. The molecule has 0 aliphatic carbocycles. The summed E-state index contributed by atoms with van der Waals surface area (Å²) in [6, 6.07) is 19.1. The van der Waals surface area contributed by atoms with Gasteiger partial charge in [-0.15, -0.1) is 0 Å². The van der Waals surface area contributed by atoms with E-state index in [1.165, 1.54) is 0 Å². The van der Waals surface area contributed by atoms with Crippen LogP contribution in [0.25, 0.3) is 6.08 Å². The van der Waals surface area contributed by atoms with Gasteiger partial charge in [-0.3, -0.25) is 4.79 Å². The van der Waals surface area contributed by atoms with Crippen LogP contribution in [0.3, 0.4) is 0 Å². The summed E-state index contributed by atoms with van der Waals surface area (Å²) in [4.78, 5) is 24.8. The molecule has 0 aromatic heterocycles. The van der Waals surface area contributed by atoms with E-state index in [1.807, 2.05) is 24.3 Å². The summed E-state index contributed by atoms with van der Waals surface area (Å²) in [5.41, 5.74) is 1.70. The van der Waals surface area contributed by atoms with Crippen molar-refractivity contribution in [1.29, 1.82) is 0 Å². The number of fused-ring (bicyclic) bond motifs is 1. The number of rotatable bonds is 3. The van der Waals surface area contributed by atoms with Gasteiger partial charge in [0.15, 0.2) is 5.76 Å². The SMILES string of the molecule is O=C(Oc1ccc2c(c1)OC(=Cc1cccc(Br)c1)C2=O)c1ccc(Br)cc1. The number of allylic oxidation sites excluding steroid dienone is 1. The minimum absolute atomic E-state index is 0.208. The molecule has 0 fully saturated rings. The van der Waals surface area contributed by atoms with E-state index in [0.29, 0.717) is 22.6 Å². The molecule has 0 unspecified atom stereocenters. The highest BCUT2D eigenvalue weighted by molar-refractivity contribution is 9.10. The lowest BCUT2D eigenvalue weighted by molar-refractivity contribution is 0.0734. The fourth-order valence-corrected chi connectivity index (χ4v) is 3.41. The summed E-state index contributed by atoms with van der Waals surface area (Å²) < 4.78 is 12.9. The van der Waals surface area contributed by atoms with E-state index in [1.54, 1.807) is 48.5 Å². The summed E-state index contributed by atoms with van der Waals surface area (Å²) in [5.74, 6) is 0.211. The molecule has 3 aromatic carbocycles. The van der Waals surface area contributed by atoms with Crippen LogP contribution in [0.15, 0.2) is 81.4 Å². The molecule has 1 aliphatic rings. The molecule has 1 heterocycles. The first-order valence-electron chi connectivity index (χ1n) is 8.31. The highest BCUT2D eigenvalue weighted by atomic mass is 79.9. The number of hydrogen-bond acceptors (Lipinski definition) is 4. The second-order valence-electron chi connectivity index (χ2n) is 6.05. The monoisotopic (exact) mass is 498 g/mol. The zero-order valence-electron chi connectivity index (χ0n) is 14.3. The Morgan fingerprint density at radius 1 is 0.929 bits per heavy atom. The maximum absolute atomic E-state index is 12.6. The number of ether oxygens (including phenoxy) is 2. The zero-order chi connectivity index (χ0) is 19.7. The highest BCUT2D eigenvalue weighted by Crippen LogP contribution is 2.35. The Bertz CT molecular complexity index is 1120. The Morgan fingerprint density at radius 2 is 1.71 bits per heavy atom. The molecule has 0 saturated heterocycles. The molecule has 138 valence electrons. The van der Waals surface area contributed by atoms with Crippen LogP contribution in [0.5, 0.6) is 11.5 Å². The van der Waals surface area contributed by atoms with Crippen molar-refractivity contribution in [3.63, 3.8) is 0 Å². The number of ketones is 1. The van der Waals surface area contributed by atoms with E-state index >= 15 is 0 Å². The fraction of sp³-hybridized carbons (Fsp3) is 0. The summed E-state index contributed by atoms with van der Waals surface area (Å²) in [7, 11) is 0. The quantitative estimate of drug-likeness (QED) is 0.250. The van der Waals surface area contributed by atoms with Gasteiger partial charge < -0.3 is 9.47 Å². The maximum atomic E-state index is 12.6. The van der Waals surface area contributed by atoms with Gasteiger partial charge in [-0.05, 0) is 60.2 Å². The van der Waals surface area contributed by atoms with Crippen LogP contribution in [0.1, 0.15) is 26.3 Å². The zero-order valence-corrected chi connectivity index (χ0v) is 17.5. The molecule has 0 radical (unpaired) electrons. The Hall–Kier alpha value is -2.70. The Morgan fingerprint density at radius 3 is 2.46 bits per heavy atom. The molecule has 0 amide bonds. The number of carbonyl (C=O) groups is 2. The third-order valence-electron chi connectivity index (χ3n) is 4.08. The Kier molecular flexibility index (Phi) is 5.15. The predicted molar refractivity (Wildman–Crippen MR) is 113 cm³/mol. The topological polar surface area (TPSA) is 52.6 Å². The lowest BCUT2D eigenvalue weighted by atomic mass is 10.1. The molecule has 0 bridgehead atoms. The molecule has 3 aromatic rings. The van der Waals surface area contributed by atoms with E-state index < -0.39 is 5.97 Å². The van der Waals surface area contributed by atoms with Crippen LogP contribution < -0.4 is 9.47 Å². The van der Waals surface area contributed by atoms with Gasteiger partial charge in [0.2, 0.25) is 5.78 Å². The molecule has 28 heavy (non-hydrogen) atoms. The third kappa shape index (κ3) is 3.93. The van der Waals surface area contributed by atoms with Gasteiger partial charge >= 0.3 is 5.97 Å². The highest BCUT2D eigenvalue weighted by Gasteiger charge is 2.28. The maximum Gasteiger partial charge on any atom is 0.343 e. The standard InChI is InChI=1S/C22H12Br2O4/c23-15-6-4-14(5-7-15)22(26)27-17-8-9-18-19(12-17)28-20(21(18)25)11-13-2-1-3-16(24)10-13/h1-12H. The van der Waals surface area contributed by atoms with Crippen molar-refractivity contribution in [2.45, 2.75) is 0 Å². The number of benzene rings is 3. The van der Waals surface area contributed by atoms with Crippen molar-refractivity contribution in [3.05, 3.63) is 98.1 Å². The predicted octanol–water partition coefficient (Wildman–Crippen LogP) is 6.05. The molecule has 0 spiro atoms. The van der Waals surface area contributed by atoms with Crippen LogP contribution in [0, 0.1) is 0 Å². The van der Waals surface area contributed by atoms with E-state index in [9.17, 15) is 9.59 Å². The van der Waals surface area contributed by atoms with Gasteiger partial charge in [0.1, 0.15) is 11.5 Å². The first-order chi connectivity index (χ1) is 13.5. The van der Waals surface area contributed by atoms with Crippen molar-refractivity contribution in [2.24, 2.45) is 0 Å². The van der Waals surface area contributed by atoms with Crippen molar-refractivity contribution >= 4 is 49.7 Å². The lowest BCUT2D eigenvalue weighted by Gasteiger charge is -2.06. The normalized spacial score (nSPS) is 13.9. The van der Waals surface area contributed by atoms with Crippen LogP contribution in [-0.2, 0) is 0 Å². The van der Waals surface area contributed by atoms with Crippen LogP contribution >= 0.6 is 31.9 Å². The van der Waals surface area contributed by atoms with E-state index in [0.717, 1.165) is 14.5 Å². The van der Waals surface area contributed by atoms with Gasteiger partial charge in [-0.2, -0.15) is 0 Å². The van der Waals surface area contributed by atoms with Gasteiger partial charge in [0, 0.05) is 15.0 Å². The minimum atomic E-state index is -0.485. The Labute approximate surface area is 178 Å². The largest absolute Gasteiger partial charge is 0.452 e. The number of Topliss-reactive ketones (excluding diaryl/α,β-unsaturated/α-hetero) is 1. The first-order valence-corrected chi connectivity index (χ1v) is 9.90. The van der Waals surface area contributed by atoms with E-state index in [4.69, 9.17) is 9.47 Å². The van der Waals surface area contributed by atoms with Crippen molar-refractivity contribution in [1.82, 2.24) is 0 Å². The molecule has 0 saturated carbocycles. The minimum Gasteiger partial charge on any atom is -0.452 e. The third-order valence-corrected chi connectivity index (χ3v) is 5.10. The second kappa shape index (κ2) is 7.73. The summed E-state index contributed by atoms with van der Waals surface area (Å²) in [6.45, 7) is 0. The molecule has 4 nitrogen and oxygen atoms in total. The number of esters is 1. The first kappa shape index (κ1) is 18.7. The molecule has 0 N–H and O–H groups in total. The molecule has 1 aliphatic heterocycles. The average molecular weight is 500 g/mol. The fourth-order valence-electron chi connectivity index (χ4n) is 2.73. The average Bonchev–Trinajstić information content (AvgIpc) is 2.97. The van der Waals surface area contributed by atoms with Crippen LogP contribution in [0.2, 0.25) is 0 Å². The van der Waals surface area contributed by atoms with Gasteiger partial charge in [0.25, 0.3) is 0 Å². The van der Waals surface area contributed by atoms with Crippen molar-refractivity contribution in [2.75, 3.05) is 0 Å². The molecule has 6 heteroatoms. The molecule has 0 atom stereocenters. The second-order valence-corrected chi connectivity index (χ2v) is 7.88. The molecule has 4 rings (SSSR count). The van der Waals surface area contributed by atoms with Gasteiger partial charge in [0.05, 0.1) is 11.1 Å². The van der Waals surface area contributed by atoms with E-state index in [-0.39, 0.29) is 11.5 Å². The van der Waals surface area contributed by atoms with Gasteiger partial charge in [-0.1, -0.05) is 44.0 Å². The van der Waals surface area contributed by atoms with Gasteiger partial charge in [-0.25, -0.2) is 4.79 Å². The van der Waals surface area contributed by atoms with E-state index in [2.05, 4.69) is 31.9 Å². The van der Waals surface area contributed by atoms with Crippen LogP contribution in [-0.4, -0.2) is 11.8 Å². The summed E-state index contributed by atoms with van der Waals surface area (Å²) in [6.07, 6.45) is 1.68. The molecular formula is C22H12Br2O4. The molecular weight excluding hydrogens is 488 g/mol. The Balaban J connectivity index is 1.55. The number of carbonyl (C=O) groups excluding carboxylic acids is 2. The summed E-state index contributed by atoms with van der Waals surface area (Å²) in [5, 5.41) is 0. The van der Waals surface area contributed by atoms with Crippen LogP contribution in [0.4, 0.5) is 0 Å². The lowest BCUT2D eigenvalue weighted by Crippen LogP contribution is -2.08. The smallest absolute Gasteiger partial charge is 0.343 e.